The number of nitrogens with zero attached hydrogens (tertiary/aromatic N) is 2. The molecule has 0 aromatic rings. The van der Waals surface area contributed by atoms with Crippen LogP contribution in [-0.4, -0.2) is 46.0 Å². The quantitative estimate of drug-likeness (QED) is 0.576. The molecule has 1 saturated carbocycles. The van der Waals surface area contributed by atoms with Gasteiger partial charge >= 0.3 is 12.0 Å². The highest BCUT2D eigenvalue weighted by Crippen LogP contribution is 2.33. The van der Waals surface area contributed by atoms with Crippen molar-refractivity contribution in [2.45, 2.75) is 44.4 Å². The van der Waals surface area contributed by atoms with Gasteiger partial charge in [-0.2, -0.15) is 5.06 Å². The third-order valence-corrected chi connectivity index (χ3v) is 3.73. The average molecular weight is 240 g/mol. The van der Waals surface area contributed by atoms with E-state index in [1.165, 1.54) is 0 Å². The number of ether oxygens (including phenoxy) is 1. The molecule has 94 valence electrons. The molecule has 2 saturated heterocycles. The number of hydrogen-bond donors (Lipinski definition) is 1. The van der Waals surface area contributed by atoms with E-state index in [2.05, 4.69) is 0 Å². The van der Waals surface area contributed by atoms with Gasteiger partial charge in [-0.3, -0.25) is 10.0 Å². The smallest absolute Gasteiger partial charge is 0.347 e. The molecule has 0 bridgehead atoms. The summed E-state index contributed by atoms with van der Waals surface area (Å²) in [6, 6.07) is -0.324. The maximum Gasteiger partial charge on any atom is 0.347 e. The molecule has 3 rings (SSSR count). The number of urea groups is 1. The van der Waals surface area contributed by atoms with Crippen molar-refractivity contribution in [3.8, 4) is 0 Å². The Balaban J connectivity index is 1.67. The Morgan fingerprint density at radius 3 is 2.82 bits per heavy atom. The van der Waals surface area contributed by atoms with Crippen LogP contribution in [0.25, 0.3) is 0 Å². The molecule has 1 N–H and O–H groups in total. The molecule has 2 unspecified atom stereocenters. The van der Waals surface area contributed by atoms with Crippen LogP contribution in [0.3, 0.4) is 0 Å². The van der Waals surface area contributed by atoms with Gasteiger partial charge in [-0.1, -0.05) is 0 Å². The van der Waals surface area contributed by atoms with Crippen LogP contribution in [0.4, 0.5) is 4.79 Å². The van der Waals surface area contributed by atoms with Gasteiger partial charge in [-0.25, -0.2) is 4.79 Å². The summed E-state index contributed by atoms with van der Waals surface area (Å²) in [5, 5.41) is 10.3. The molecule has 1 aliphatic carbocycles. The Morgan fingerprint density at radius 2 is 2.12 bits per heavy atom. The van der Waals surface area contributed by atoms with E-state index in [1.54, 1.807) is 4.90 Å². The fourth-order valence-electron chi connectivity index (χ4n) is 2.57. The van der Waals surface area contributed by atoms with Crippen molar-refractivity contribution in [1.82, 2.24) is 9.96 Å². The molecule has 0 aromatic heterocycles. The highest BCUT2D eigenvalue weighted by Gasteiger charge is 2.44. The predicted octanol–water partition coefficient (Wildman–Crippen LogP) is 0.945. The zero-order valence-corrected chi connectivity index (χ0v) is 9.54. The Labute approximate surface area is 99.1 Å². The van der Waals surface area contributed by atoms with Crippen molar-refractivity contribution >= 4 is 12.0 Å². The van der Waals surface area contributed by atoms with Crippen molar-refractivity contribution in [1.29, 1.82) is 0 Å². The second kappa shape index (κ2) is 3.87. The van der Waals surface area contributed by atoms with Gasteiger partial charge in [0.05, 0.1) is 5.92 Å². The first-order valence-corrected chi connectivity index (χ1v) is 6.16. The summed E-state index contributed by atoms with van der Waals surface area (Å²) in [5.74, 6) is -0.298. The normalized spacial score (nSPS) is 32.6. The summed E-state index contributed by atoms with van der Waals surface area (Å²) in [6.45, 7) is 0.684. The van der Waals surface area contributed by atoms with Crippen LogP contribution in [0.15, 0.2) is 0 Å². The van der Waals surface area contributed by atoms with Crippen LogP contribution < -0.4 is 0 Å². The standard InChI is InChI=1S/C11H16N2O4/c14-10(7-3-4-7)17-9-6-8-2-1-5-12(8)11(15)13(9)16/h7-9,16H,1-6H2. The second-order valence-corrected chi connectivity index (χ2v) is 5.02. The second-order valence-electron chi connectivity index (χ2n) is 5.02. The summed E-state index contributed by atoms with van der Waals surface area (Å²) in [7, 11) is 0. The lowest BCUT2D eigenvalue weighted by molar-refractivity contribution is -0.209. The van der Waals surface area contributed by atoms with Crippen LogP contribution in [-0.2, 0) is 9.53 Å². The Morgan fingerprint density at radius 1 is 1.35 bits per heavy atom. The van der Waals surface area contributed by atoms with E-state index in [-0.39, 0.29) is 17.9 Å². The average Bonchev–Trinajstić information content (AvgIpc) is 3.06. The molecule has 0 radical (unpaired) electrons. The first kappa shape index (κ1) is 10.8. The first-order valence-electron chi connectivity index (χ1n) is 6.16. The molecule has 6 heteroatoms. The Hall–Kier alpha value is -1.30. The maximum absolute atomic E-state index is 11.8. The lowest BCUT2D eigenvalue weighted by Crippen LogP contribution is -2.56. The molecule has 2 atom stereocenters. The van der Waals surface area contributed by atoms with E-state index in [0.717, 1.165) is 25.7 Å². The van der Waals surface area contributed by atoms with Gasteiger partial charge < -0.3 is 9.64 Å². The summed E-state index contributed by atoms with van der Waals surface area (Å²) in [6.07, 6.45) is 3.32. The van der Waals surface area contributed by atoms with Gasteiger partial charge in [0.2, 0.25) is 6.23 Å². The van der Waals surface area contributed by atoms with Crippen LogP contribution >= 0.6 is 0 Å². The van der Waals surface area contributed by atoms with Gasteiger partial charge in [-0.15, -0.1) is 0 Å². The van der Waals surface area contributed by atoms with Crippen LogP contribution in [0.5, 0.6) is 0 Å². The van der Waals surface area contributed by atoms with E-state index >= 15 is 0 Å². The summed E-state index contributed by atoms with van der Waals surface area (Å²) < 4.78 is 5.20. The maximum atomic E-state index is 11.8. The van der Waals surface area contributed by atoms with Gasteiger partial charge in [0.15, 0.2) is 0 Å². The van der Waals surface area contributed by atoms with Gasteiger partial charge in [0.1, 0.15) is 0 Å². The summed E-state index contributed by atoms with van der Waals surface area (Å²) in [4.78, 5) is 25.0. The van der Waals surface area contributed by atoms with Crippen molar-refractivity contribution in [2.75, 3.05) is 6.54 Å². The van der Waals surface area contributed by atoms with Crippen molar-refractivity contribution in [2.24, 2.45) is 5.92 Å². The van der Waals surface area contributed by atoms with E-state index in [9.17, 15) is 14.8 Å². The van der Waals surface area contributed by atoms with Crippen molar-refractivity contribution in [3.05, 3.63) is 0 Å². The van der Waals surface area contributed by atoms with E-state index in [4.69, 9.17) is 4.74 Å². The van der Waals surface area contributed by atoms with Crippen LogP contribution in [0.2, 0.25) is 0 Å². The highest BCUT2D eigenvalue weighted by atomic mass is 16.6. The number of fused-ring (bicyclic) bond motifs is 1. The lowest BCUT2D eigenvalue weighted by atomic mass is 10.1. The number of esters is 1. The third kappa shape index (κ3) is 1.86. The minimum absolute atomic E-state index is 0.0138. The number of hydroxylamine groups is 2. The molecule has 0 aromatic carbocycles. The molecule has 3 aliphatic rings. The molecule has 2 amide bonds. The first-order chi connectivity index (χ1) is 8.16. The molecular weight excluding hydrogens is 224 g/mol. The molecular formula is C11H16N2O4. The minimum Gasteiger partial charge on any atom is -0.439 e. The topological polar surface area (TPSA) is 70.1 Å². The molecule has 2 aliphatic heterocycles. The van der Waals surface area contributed by atoms with E-state index < -0.39 is 12.3 Å². The molecule has 3 fully saturated rings. The molecule has 17 heavy (non-hydrogen) atoms. The lowest BCUT2D eigenvalue weighted by Gasteiger charge is -2.38. The van der Waals surface area contributed by atoms with Crippen LogP contribution in [0.1, 0.15) is 32.1 Å². The number of amides is 2. The SMILES string of the molecule is O=C(OC1CC2CCCN2C(=O)N1O)C1CC1. The van der Waals surface area contributed by atoms with Crippen LogP contribution in [0, 0.1) is 5.92 Å². The fourth-order valence-corrected chi connectivity index (χ4v) is 2.57. The van der Waals surface area contributed by atoms with Gasteiger partial charge in [0.25, 0.3) is 0 Å². The van der Waals surface area contributed by atoms with Gasteiger partial charge in [0, 0.05) is 19.0 Å². The third-order valence-electron chi connectivity index (χ3n) is 3.73. The largest absolute Gasteiger partial charge is 0.439 e. The van der Waals surface area contributed by atoms with Crippen molar-refractivity contribution in [3.63, 3.8) is 0 Å². The zero-order chi connectivity index (χ0) is 12.0. The number of carbonyl (C=O) groups excluding carboxylic acids is 2. The zero-order valence-electron chi connectivity index (χ0n) is 9.54. The molecule has 6 nitrogen and oxygen atoms in total. The van der Waals surface area contributed by atoms with Gasteiger partial charge in [-0.05, 0) is 25.7 Å². The van der Waals surface area contributed by atoms with E-state index in [0.29, 0.717) is 18.0 Å². The predicted molar refractivity (Wildman–Crippen MR) is 56.0 cm³/mol. The summed E-state index contributed by atoms with van der Waals surface area (Å²) >= 11 is 0. The number of rotatable bonds is 2. The summed E-state index contributed by atoms with van der Waals surface area (Å²) in [5.41, 5.74) is 0. The Kier molecular flexibility index (Phi) is 2.47. The van der Waals surface area contributed by atoms with E-state index in [1.807, 2.05) is 0 Å². The number of hydrogen-bond acceptors (Lipinski definition) is 4. The minimum atomic E-state index is -0.796. The van der Waals surface area contributed by atoms with Crippen molar-refractivity contribution < 1.29 is 19.5 Å². The highest BCUT2D eigenvalue weighted by molar-refractivity contribution is 5.77. The monoisotopic (exact) mass is 240 g/mol. The fraction of sp³-hybridized carbons (Fsp3) is 0.818. The molecule has 0 spiro atoms. The Bertz CT molecular complexity index is 355. The number of carbonyl (C=O) groups is 2. The molecule has 2 heterocycles.